The highest BCUT2D eigenvalue weighted by Gasteiger charge is 2.06. The lowest BCUT2D eigenvalue weighted by Gasteiger charge is -2.12. The fourth-order valence-electron chi connectivity index (χ4n) is 2.60. The smallest absolute Gasteiger partial charge is 0.193 e. The maximum atomic E-state index is 6.02. The van der Waals surface area contributed by atoms with Gasteiger partial charge in [-0.1, -0.05) is 36.4 Å². The summed E-state index contributed by atoms with van der Waals surface area (Å²) >= 11 is 0. The van der Waals surface area contributed by atoms with Crippen LogP contribution in [0, 0.1) is 0 Å². The predicted octanol–water partition coefficient (Wildman–Crippen LogP) is 4.40. The minimum Gasteiger partial charge on any atom is -0.497 e. The number of ether oxygens (including phenoxy) is 2. The third kappa shape index (κ3) is 4.78. The Morgan fingerprint density at radius 1 is 0.962 bits per heavy atom. The SMILES string of the molecule is COc1ccc(OC)c(NC(N)=NCc2ccc3ccccc3c2)c1.I. The molecule has 0 aliphatic carbocycles. The highest BCUT2D eigenvalue weighted by molar-refractivity contribution is 14.0. The summed E-state index contributed by atoms with van der Waals surface area (Å²) in [6.45, 7) is 0.496. The van der Waals surface area contributed by atoms with E-state index >= 15 is 0 Å². The Kier molecular flexibility index (Phi) is 7.08. The largest absolute Gasteiger partial charge is 0.497 e. The summed E-state index contributed by atoms with van der Waals surface area (Å²) in [6, 6.07) is 20.0. The molecule has 0 bridgehead atoms. The Morgan fingerprint density at radius 3 is 2.46 bits per heavy atom. The van der Waals surface area contributed by atoms with Crippen LogP contribution < -0.4 is 20.5 Å². The van der Waals surface area contributed by atoms with Crippen LogP contribution in [0.5, 0.6) is 11.5 Å². The molecule has 0 aromatic heterocycles. The van der Waals surface area contributed by atoms with Gasteiger partial charge in [-0.15, -0.1) is 24.0 Å². The summed E-state index contributed by atoms with van der Waals surface area (Å²) in [6.07, 6.45) is 0. The molecule has 136 valence electrons. The minimum atomic E-state index is 0. The summed E-state index contributed by atoms with van der Waals surface area (Å²) in [5.41, 5.74) is 7.83. The standard InChI is InChI=1S/C20H21N3O2.HI/c1-24-17-9-10-19(25-2)18(12-17)23-20(21)22-13-14-7-8-15-5-3-4-6-16(15)11-14;/h3-12H,13H2,1-2H3,(H3,21,22,23);1H. The average molecular weight is 463 g/mol. The quantitative estimate of drug-likeness (QED) is 0.335. The first-order valence-corrected chi connectivity index (χ1v) is 7.96. The van der Waals surface area contributed by atoms with Crippen LogP contribution in [-0.4, -0.2) is 20.2 Å². The van der Waals surface area contributed by atoms with Crippen LogP contribution in [-0.2, 0) is 6.54 Å². The summed E-state index contributed by atoms with van der Waals surface area (Å²) in [5.74, 6) is 1.70. The Balaban J connectivity index is 0.00000243. The van der Waals surface area contributed by atoms with Crippen LogP contribution in [0.25, 0.3) is 10.8 Å². The van der Waals surface area contributed by atoms with Crippen molar-refractivity contribution in [3.05, 3.63) is 66.2 Å². The van der Waals surface area contributed by atoms with Crippen LogP contribution in [0.1, 0.15) is 5.56 Å². The molecule has 3 aromatic rings. The molecule has 0 atom stereocenters. The monoisotopic (exact) mass is 463 g/mol. The second-order valence-electron chi connectivity index (χ2n) is 5.57. The molecule has 0 radical (unpaired) electrons. The molecule has 0 heterocycles. The number of anilines is 1. The lowest BCUT2D eigenvalue weighted by atomic mass is 10.1. The van der Waals surface area contributed by atoms with Crippen molar-refractivity contribution in [1.29, 1.82) is 0 Å². The molecule has 6 heteroatoms. The number of nitrogens with two attached hydrogens (primary N) is 1. The van der Waals surface area contributed by atoms with Crippen LogP contribution in [0.2, 0.25) is 0 Å². The van der Waals surface area contributed by atoms with Crippen molar-refractivity contribution >= 4 is 46.4 Å². The van der Waals surface area contributed by atoms with Gasteiger partial charge in [0.15, 0.2) is 5.96 Å². The van der Waals surface area contributed by atoms with E-state index in [0.717, 1.165) is 5.56 Å². The summed E-state index contributed by atoms with van der Waals surface area (Å²) in [4.78, 5) is 4.41. The molecule has 0 fully saturated rings. The summed E-state index contributed by atoms with van der Waals surface area (Å²) < 4.78 is 10.6. The third-order valence-corrected chi connectivity index (χ3v) is 3.92. The van der Waals surface area contributed by atoms with E-state index in [1.165, 1.54) is 10.8 Å². The van der Waals surface area contributed by atoms with Crippen molar-refractivity contribution in [3.63, 3.8) is 0 Å². The Hall–Kier alpha value is -2.48. The molecule has 0 aliphatic heterocycles. The second-order valence-corrected chi connectivity index (χ2v) is 5.57. The number of nitrogens with one attached hydrogen (secondary N) is 1. The highest BCUT2D eigenvalue weighted by atomic mass is 127. The Bertz CT molecular complexity index is 912. The van der Waals surface area contributed by atoms with Gasteiger partial charge < -0.3 is 20.5 Å². The second kappa shape index (κ2) is 9.28. The number of benzene rings is 3. The maximum Gasteiger partial charge on any atom is 0.193 e. The van der Waals surface area contributed by atoms with E-state index in [4.69, 9.17) is 15.2 Å². The number of halogens is 1. The number of fused-ring (bicyclic) bond motifs is 1. The van der Waals surface area contributed by atoms with E-state index in [1.807, 2.05) is 30.3 Å². The molecule has 0 unspecified atom stereocenters. The average Bonchev–Trinajstić information content (AvgIpc) is 2.66. The molecular weight excluding hydrogens is 441 g/mol. The van der Waals surface area contributed by atoms with Gasteiger partial charge in [-0.25, -0.2) is 4.99 Å². The van der Waals surface area contributed by atoms with Gasteiger partial charge in [0.2, 0.25) is 0 Å². The van der Waals surface area contributed by atoms with Gasteiger partial charge in [0.1, 0.15) is 11.5 Å². The molecule has 5 nitrogen and oxygen atoms in total. The first-order valence-electron chi connectivity index (χ1n) is 7.96. The number of hydrogen-bond donors (Lipinski definition) is 2. The number of guanidine groups is 1. The van der Waals surface area contributed by atoms with Crippen molar-refractivity contribution in [2.75, 3.05) is 19.5 Å². The minimum absolute atomic E-state index is 0. The lowest BCUT2D eigenvalue weighted by Crippen LogP contribution is -2.23. The molecule has 0 aliphatic rings. The lowest BCUT2D eigenvalue weighted by molar-refractivity contribution is 0.405. The van der Waals surface area contributed by atoms with Crippen molar-refractivity contribution in [2.24, 2.45) is 10.7 Å². The van der Waals surface area contributed by atoms with Crippen LogP contribution in [0.4, 0.5) is 5.69 Å². The molecule has 26 heavy (non-hydrogen) atoms. The molecule has 0 saturated carbocycles. The fourth-order valence-corrected chi connectivity index (χ4v) is 2.60. The van der Waals surface area contributed by atoms with Crippen molar-refractivity contribution in [2.45, 2.75) is 6.54 Å². The van der Waals surface area contributed by atoms with Crippen LogP contribution in [0.3, 0.4) is 0 Å². The first kappa shape index (κ1) is 19.8. The Morgan fingerprint density at radius 2 is 1.73 bits per heavy atom. The van der Waals surface area contributed by atoms with Crippen molar-refractivity contribution in [1.82, 2.24) is 0 Å². The van der Waals surface area contributed by atoms with E-state index in [9.17, 15) is 0 Å². The molecule has 3 aromatic carbocycles. The highest BCUT2D eigenvalue weighted by Crippen LogP contribution is 2.28. The normalized spacial score (nSPS) is 10.9. The number of methoxy groups -OCH3 is 2. The maximum absolute atomic E-state index is 6.02. The summed E-state index contributed by atoms with van der Waals surface area (Å²) in [5, 5.41) is 5.47. The predicted molar refractivity (Wildman–Crippen MR) is 118 cm³/mol. The number of aliphatic imine (C=N–C) groups is 1. The molecule has 0 spiro atoms. The molecule has 0 amide bonds. The van der Waals surface area contributed by atoms with E-state index in [1.54, 1.807) is 14.2 Å². The van der Waals surface area contributed by atoms with E-state index in [0.29, 0.717) is 29.7 Å². The van der Waals surface area contributed by atoms with E-state index in [-0.39, 0.29) is 24.0 Å². The molecule has 3 rings (SSSR count). The zero-order valence-corrected chi connectivity index (χ0v) is 17.1. The van der Waals surface area contributed by atoms with Crippen LogP contribution >= 0.6 is 24.0 Å². The van der Waals surface area contributed by atoms with Gasteiger partial charge in [0.25, 0.3) is 0 Å². The van der Waals surface area contributed by atoms with Gasteiger partial charge in [0.05, 0.1) is 26.5 Å². The first-order chi connectivity index (χ1) is 12.2. The van der Waals surface area contributed by atoms with Crippen molar-refractivity contribution in [3.8, 4) is 11.5 Å². The Labute approximate surface area is 170 Å². The van der Waals surface area contributed by atoms with Gasteiger partial charge in [-0.2, -0.15) is 0 Å². The van der Waals surface area contributed by atoms with Crippen molar-refractivity contribution < 1.29 is 9.47 Å². The zero-order chi connectivity index (χ0) is 17.6. The number of nitrogens with zero attached hydrogens (tertiary/aromatic N) is 1. The number of rotatable bonds is 5. The topological polar surface area (TPSA) is 68.9 Å². The van der Waals surface area contributed by atoms with Gasteiger partial charge in [-0.3, -0.25) is 0 Å². The number of hydrogen-bond acceptors (Lipinski definition) is 3. The van der Waals surface area contributed by atoms with Crippen LogP contribution in [0.15, 0.2) is 65.7 Å². The molecule has 0 saturated heterocycles. The third-order valence-electron chi connectivity index (χ3n) is 3.92. The molecular formula is C20H22IN3O2. The summed E-state index contributed by atoms with van der Waals surface area (Å²) in [7, 11) is 3.22. The van der Waals surface area contributed by atoms with Gasteiger partial charge in [-0.05, 0) is 34.5 Å². The fraction of sp³-hybridized carbons (Fsp3) is 0.150. The zero-order valence-electron chi connectivity index (χ0n) is 14.7. The van der Waals surface area contributed by atoms with E-state index < -0.39 is 0 Å². The molecule has 3 N–H and O–H groups in total. The van der Waals surface area contributed by atoms with Gasteiger partial charge >= 0.3 is 0 Å². The van der Waals surface area contributed by atoms with E-state index in [2.05, 4.69) is 40.6 Å². The van der Waals surface area contributed by atoms with Gasteiger partial charge in [0, 0.05) is 6.07 Å².